The third-order valence-electron chi connectivity index (χ3n) is 2.56. The highest BCUT2D eigenvalue weighted by molar-refractivity contribution is 6.00. The smallest absolute Gasteiger partial charge is 0.243 e. The van der Waals surface area contributed by atoms with Crippen molar-refractivity contribution in [3.8, 4) is 0 Å². The van der Waals surface area contributed by atoms with E-state index in [2.05, 4.69) is 16.2 Å². The number of nitrogens with one attached hydrogen (secondary N) is 3. The first kappa shape index (κ1) is 11.4. The van der Waals surface area contributed by atoms with E-state index < -0.39 is 6.04 Å². The predicted molar refractivity (Wildman–Crippen MR) is 63.9 cm³/mol. The average molecular weight is 234 g/mol. The highest BCUT2D eigenvalue weighted by Gasteiger charge is 2.27. The van der Waals surface area contributed by atoms with Gasteiger partial charge in [0.25, 0.3) is 0 Å². The van der Waals surface area contributed by atoms with Crippen LogP contribution in [0.1, 0.15) is 12.0 Å². The molecule has 0 bridgehead atoms. The van der Waals surface area contributed by atoms with Gasteiger partial charge in [0.15, 0.2) is 0 Å². The number of nitrogen functional groups attached to an aromatic ring is 1. The van der Waals surface area contributed by atoms with Crippen LogP contribution < -0.4 is 21.9 Å². The van der Waals surface area contributed by atoms with Crippen molar-refractivity contribution in [1.29, 1.82) is 0 Å². The zero-order valence-corrected chi connectivity index (χ0v) is 9.41. The lowest BCUT2D eigenvalue weighted by atomic mass is 10.1. The third kappa shape index (κ3) is 2.54. The van der Waals surface area contributed by atoms with Crippen LogP contribution in [0, 0.1) is 6.92 Å². The Balaban J connectivity index is 2.05. The number of nitrogens with two attached hydrogens (primary N) is 1. The van der Waals surface area contributed by atoms with Crippen LogP contribution in [0.2, 0.25) is 0 Å². The van der Waals surface area contributed by atoms with Gasteiger partial charge >= 0.3 is 0 Å². The molecule has 1 aromatic carbocycles. The van der Waals surface area contributed by atoms with Gasteiger partial charge in [-0.3, -0.25) is 15.0 Å². The molecule has 0 aromatic heterocycles. The van der Waals surface area contributed by atoms with Gasteiger partial charge in [-0.05, 0) is 24.6 Å². The van der Waals surface area contributed by atoms with Gasteiger partial charge < -0.3 is 11.1 Å². The molecule has 1 heterocycles. The lowest BCUT2D eigenvalue weighted by Crippen LogP contribution is -2.39. The Bertz CT molecular complexity index is 473. The summed E-state index contributed by atoms with van der Waals surface area (Å²) in [4.78, 5) is 22.7. The van der Waals surface area contributed by atoms with E-state index in [9.17, 15) is 9.59 Å². The van der Waals surface area contributed by atoms with Crippen LogP contribution in [0.4, 0.5) is 11.4 Å². The molecule has 2 rings (SSSR count). The SMILES string of the molecule is Cc1ccc(NC(=O)C2CC(=O)NN2)c(N)c1. The van der Waals surface area contributed by atoms with E-state index in [-0.39, 0.29) is 18.2 Å². The lowest BCUT2D eigenvalue weighted by Gasteiger charge is -2.12. The Morgan fingerprint density at radius 1 is 1.53 bits per heavy atom. The summed E-state index contributed by atoms with van der Waals surface area (Å²) in [5.74, 6) is -0.471. The maximum absolute atomic E-state index is 11.8. The van der Waals surface area contributed by atoms with Crippen LogP contribution in [-0.4, -0.2) is 17.9 Å². The summed E-state index contributed by atoms with van der Waals surface area (Å²) in [7, 11) is 0. The lowest BCUT2D eigenvalue weighted by molar-refractivity contribution is -0.121. The van der Waals surface area contributed by atoms with E-state index >= 15 is 0 Å². The van der Waals surface area contributed by atoms with Gasteiger partial charge in [0, 0.05) is 0 Å². The van der Waals surface area contributed by atoms with Gasteiger partial charge in [-0.1, -0.05) is 6.07 Å². The topological polar surface area (TPSA) is 96.2 Å². The molecule has 1 atom stereocenters. The van der Waals surface area contributed by atoms with E-state index in [0.29, 0.717) is 11.4 Å². The standard InChI is InChI=1S/C11H14N4O2/c1-6-2-3-8(7(12)4-6)13-11(17)9-5-10(16)15-14-9/h2-4,9,14H,5,12H2,1H3,(H,13,17)(H,15,16). The number of hydrazine groups is 1. The second-order valence-electron chi connectivity index (χ2n) is 4.03. The minimum atomic E-state index is -0.553. The van der Waals surface area contributed by atoms with Crippen molar-refractivity contribution in [1.82, 2.24) is 10.9 Å². The van der Waals surface area contributed by atoms with E-state index in [0.717, 1.165) is 5.56 Å². The first-order valence-corrected chi connectivity index (χ1v) is 5.27. The Hall–Kier alpha value is -2.08. The monoisotopic (exact) mass is 234 g/mol. The third-order valence-corrected chi connectivity index (χ3v) is 2.56. The number of benzene rings is 1. The minimum absolute atomic E-state index is 0.137. The second kappa shape index (κ2) is 4.42. The Labute approximate surface area is 98.5 Å². The number of anilines is 2. The molecule has 1 fully saturated rings. The van der Waals surface area contributed by atoms with Gasteiger partial charge in [0.05, 0.1) is 17.8 Å². The zero-order chi connectivity index (χ0) is 12.4. The first-order chi connectivity index (χ1) is 8.06. The van der Waals surface area contributed by atoms with Gasteiger partial charge in [0.2, 0.25) is 11.8 Å². The van der Waals surface area contributed by atoms with Crippen molar-refractivity contribution in [3.63, 3.8) is 0 Å². The molecule has 6 heteroatoms. The van der Waals surface area contributed by atoms with Crippen molar-refractivity contribution in [3.05, 3.63) is 23.8 Å². The van der Waals surface area contributed by atoms with E-state index in [1.54, 1.807) is 12.1 Å². The molecular weight excluding hydrogens is 220 g/mol. The van der Waals surface area contributed by atoms with Gasteiger partial charge in [-0.25, -0.2) is 5.43 Å². The van der Waals surface area contributed by atoms with Crippen LogP contribution in [0.5, 0.6) is 0 Å². The quantitative estimate of drug-likeness (QED) is 0.538. The number of aryl methyl sites for hydroxylation is 1. The summed E-state index contributed by atoms with van der Waals surface area (Å²) in [5.41, 5.74) is 12.9. The summed E-state index contributed by atoms with van der Waals surface area (Å²) in [6, 6.07) is 4.83. The molecule has 6 nitrogen and oxygen atoms in total. The molecule has 17 heavy (non-hydrogen) atoms. The van der Waals surface area contributed by atoms with Gasteiger partial charge in [-0.2, -0.15) is 0 Å². The van der Waals surface area contributed by atoms with Crippen molar-refractivity contribution in [2.75, 3.05) is 11.1 Å². The predicted octanol–water partition coefficient (Wildman–Crippen LogP) is -0.0912. The summed E-state index contributed by atoms with van der Waals surface area (Å²) < 4.78 is 0. The maximum Gasteiger partial charge on any atom is 0.243 e. The first-order valence-electron chi connectivity index (χ1n) is 5.27. The van der Waals surface area contributed by atoms with Crippen LogP contribution in [0.3, 0.4) is 0 Å². The zero-order valence-electron chi connectivity index (χ0n) is 9.41. The molecule has 90 valence electrons. The number of carbonyl (C=O) groups is 2. The summed E-state index contributed by atoms with van der Waals surface area (Å²) in [5, 5.41) is 2.68. The van der Waals surface area contributed by atoms with Crippen molar-refractivity contribution in [2.24, 2.45) is 0 Å². The highest BCUT2D eigenvalue weighted by atomic mass is 16.2. The van der Waals surface area contributed by atoms with E-state index in [1.165, 1.54) is 0 Å². The number of hydrogen-bond donors (Lipinski definition) is 4. The number of hydrogen-bond acceptors (Lipinski definition) is 4. The maximum atomic E-state index is 11.8. The van der Waals surface area contributed by atoms with E-state index in [4.69, 9.17) is 5.73 Å². The van der Waals surface area contributed by atoms with Crippen molar-refractivity contribution >= 4 is 23.2 Å². The second-order valence-corrected chi connectivity index (χ2v) is 4.03. The average Bonchev–Trinajstić information content (AvgIpc) is 2.69. The molecular formula is C11H14N4O2. The minimum Gasteiger partial charge on any atom is -0.397 e. The van der Waals surface area contributed by atoms with Gasteiger partial charge in [-0.15, -0.1) is 0 Å². The largest absolute Gasteiger partial charge is 0.397 e. The molecule has 1 aromatic rings. The molecule has 0 aliphatic carbocycles. The van der Waals surface area contributed by atoms with E-state index in [1.807, 2.05) is 13.0 Å². The van der Waals surface area contributed by atoms with Crippen LogP contribution in [0.15, 0.2) is 18.2 Å². The molecule has 0 spiro atoms. The summed E-state index contributed by atoms with van der Waals surface area (Å²) >= 11 is 0. The molecule has 0 radical (unpaired) electrons. The molecule has 5 N–H and O–H groups in total. The molecule has 1 unspecified atom stereocenters. The Morgan fingerprint density at radius 2 is 2.29 bits per heavy atom. The summed E-state index contributed by atoms with van der Waals surface area (Å²) in [6.45, 7) is 1.92. The molecule has 1 aliphatic rings. The van der Waals surface area contributed by atoms with Gasteiger partial charge in [0.1, 0.15) is 6.04 Å². The number of carbonyl (C=O) groups excluding carboxylic acids is 2. The van der Waals surface area contributed by atoms with Crippen LogP contribution in [-0.2, 0) is 9.59 Å². The van der Waals surface area contributed by atoms with Crippen LogP contribution in [0.25, 0.3) is 0 Å². The van der Waals surface area contributed by atoms with Crippen molar-refractivity contribution < 1.29 is 9.59 Å². The fraction of sp³-hybridized carbons (Fsp3) is 0.273. The number of rotatable bonds is 2. The molecule has 1 aliphatic heterocycles. The number of amides is 2. The Morgan fingerprint density at radius 3 is 2.88 bits per heavy atom. The molecule has 0 saturated carbocycles. The fourth-order valence-corrected chi connectivity index (χ4v) is 1.63. The van der Waals surface area contributed by atoms with Crippen molar-refractivity contribution in [2.45, 2.75) is 19.4 Å². The summed E-state index contributed by atoms with van der Waals surface area (Å²) in [6.07, 6.45) is 0.137. The van der Waals surface area contributed by atoms with Crippen LogP contribution >= 0.6 is 0 Å². The Kier molecular flexibility index (Phi) is 2.97. The molecule has 1 saturated heterocycles. The highest BCUT2D eigenvalue weighted by Crippen LogP contribution is 2.19. The normalized spacial score (nSPS) is 18.9. The fourth-order valence-electron chi connectivity index (χ4n) is 1.63. The molecule has 2 amide bonds.